The topological polar surface area (TPSA) is 48.3 Å². The van der Waals surface area contributed by atoms with Gasteiger partial charge in [0.25, 0.3) is 0 Å². The van der Waals surface area contributed by atoms with Crippen LogP contribution in [0.1, 0.15) is 26.3 Å². The number of carbonyl (C=O) groups excluding carboxylic acids is 1. The van der Waals surface area contributed by atoms with Crippen molar-refractivity contribution < 1.29 is 18.3 Å². The standard InChI is InChI=1S/C22H21F2NO3S/c1-22(2,3)28-20(27)12-25-17-10-5-4-8-15(17)18(26)11-19(25)29-13-14-7-6-9-16(23)21(14)24/h4-11H,12-13H2,1-3H3. The Balaban J connectivity index is 2.00. The second kappa shape index (κ2) is 8.37. The third-order valence-corrected chi connectivity index (χ3v) is 5.18. The lowest BCUT2D eigenvalue weighted by molar-refractivity contribution is -0.155. The zero-order valence-corrected chi connectivity index (χ0v) is 17.2. The van der Waals surface area contributed by atoms with Gasteiger partial charge in [0.15, 0.2) is 17.1 Å². The zero-order valence-electron chi connectivity index (χ0n) is 16.4. The largest absolute Gasteiger partial charge is 0.459 e. The van der Waals surface area contributed by atoms with Crippen LogP contribution in [0.3, 0.4) is 0 Å². The highest BCUT2D eigenvalue weighted by Gasteiger charge is 2.19. The van der Waals surface area contributed by atoms with Crippen LogP contribution in [0, 0.1) is 11.6 Å². The molecule has 3 rings (SSSR count). The lowest BCUT2D eigenvalue weighted by Gasteiger charge is -2.22. The minimum Gasteiger partial charge on any atom is -0.459 e. The van der Waals surface area contributed by atoms with Crippen LogP contribution in [0.4, 0.5) is 8.78 Å². The highest BCUT2D eigenvalue weighted by molar-refractivity contribution is 7.98. The molecule has 0 saturated heterocycles. The van der Waals surface area contributed by atoms with Gasteiger partial charge in [0, 0.05) is 22.8 Å². The number of nitrogens with zero attached hydrogens (tertiary/aromatic N) is 1. The van der Waals surface area contributed by atoms with Crippen molar-refractivity contribution in [2.75, 3.05) is 0 Å². The summed E-state index contributed by atoms with van der Waals surface area (Å²) in [4.78, 5) is 25.0. The van der Waals surface area contributed by atoms with Crippen LogP contribution in [-0.2, 0) is 21.8 Å². The van der Waals surface area contributed by atoms with E-state index in [1.807, 2.05) is 0 Å². The molecular weight excluding hydrogens is 396 g/mol. The molecule has 0 radical (unpaired) electrons. The molecule has 7 heteroatoms. The number of fused-ring (bicyclic) bond motifs is 1. The fraction of sp³-hybridized carbons (Fsp3) is 0.273. The van der Waals surface area contributed by atoms with Gasteiger partial charge >= 0.3 is 5.97 Å². The fourth-order valence-electron chi connectivity index (χ4n) is 2.90. The van der Waals surface area contributed by atoms with Crippen molar-refractivity contribution in [1.82, 2.24) is 4.57 Å². The molecule has 0 amide bonds. The average molecular weight is 417 g/mol. The quantitative estimate of drug-likeness (QED) is 0.437. The monoisotopic (exact) mass is 417 g/mol. The van der Waals surface area contributed by atoms with E-state index >= 15 is 0 Å². The van der Waals surface area contributed by atoms with E-state index in [1.54, 1.807) is 49.6 Å². The van der Waals surface area contributed by atoms with Gasteiger partial charge in [-0.1, -0.05) is 24.3 Å². The Labute approximate surface area is 171 Å². The maximum atomic E-state index is 14.0. The van der Waals surface area contributed by atoms with E-state index in [0.717, 1.165) is 17.8 Å². The number of carbonyl (C=O) groups is 1. The number of rotatable bonds is 5. The summed E-state index contributed by atoms with van der Waals surface area (Å²) in [5, 5.41) is 0.945. The summed E-state index contributed by atoms with van der Waals surface area (Å²) < 4.78 is 34.6. The Kier molecular flexibility index (Phi) is 6.07. The number of thioether (sulfide) groups is 1. The number of halogens is 2. The molecule has 3 aromatic rings. The Hall–Kier alpha value is -2.67. The van der Waals surface area contributed by atoms with Crippen molar-refractivity contribution in [3.63, 3.8) is 0 Å². The molecule has 0 bridgehead atoms. The van der Waals surface area contributed by atoms with Gasteiger partial charge in [-0.3, -0.25) is 9.59 Å². The van der Waals surface area contributed by atoms with Crippen molar-refractivity contribution in [1.29, 1.82) is 0 Å². The van der Waals surface area contributed by atoms with E-state index in [2.05, 4.69) is 0 Å². The second-order valence-corrected chi connectivity index (χ2v) is 8.53. The van der Waals surface area contributed by atoms with Gasteiger partial charge in [0.2, 0.25) is 0 Å². The molecule has 0 aliphatic carbocycles. The molecule has 29 heavy (non-hydrogen) atoms. The van der Waals surface area contributed by atoms with E-state index in [-0.39, 0.29) is 23.3 Å². The maximum Gasteiger partial charge on any atom is 0.326 e. The first-order valence-corrected chi connectivity index (χ1v) is 10.0. The summed E-state index contributed by atoms with van der Waals surface area (Å²) >= 11 is 1.16. The van der Waals surface area contributed by atoms with Gasteiger partial charge in [-0.25, -0.2) is 8.78 Å². The summed E-state index contributed by atoms with van der Waals surface area (Å²) in [7, 11) is 0. The number of ether oxygens (including phenoxy) is 1. The van der Waals surface area contributed by atoms with Crippen LogP contribution in [0.25, 0.3) is 10.9 Å². The Morgan fingerprint density at radius 2 is 1.83 bits per heavy atom. The normalized spacial score (nSPS) is 11.6. The number of benzene rings is 2. The van der Waals surface area contributed by atoms with Gasteiger partial charge in [0.1, 0.15) is 12.1 Å². The number of hydrogen-bond donors (Lipinski definition) is 0. The Morgan fingerprint density at radius 3 is 2.55 bits per heavy atom. The third-order valence-electron chi connectivity index (χ3n) is 4.10. The molecule has 0 fully saturated rings. The summed E-state index contributed by atoms with van der Waals surface area (Å²) in [5.74, 6) is -2.19. The second-order valence-electron chi connectivity index (χ2n) is 7.54. The predicted octanol–water partition coefficient (Wildman–Crippen LogP) is 4.91. The molecule has 0 aliphatic heterocycles. The van der Waals surface area contributed by atoms with E-state index < -0.39 is 23.2 Å². The molecular formula is C22H21F2NO3S. The van der Waals surface area contributed by atoms with Crippen molar-refractivity contribution in [2.45, 2.75) is 43.7 Å². The van der Waals surface area contributed by atoms with E-state index in [9.17, 15) is 18.4 Å². The molecule has 0 unspecified atom stereocenters. The maximum absolute atomic E-state index is 14.0. The zero-order chi connectivity index (χ0) is 21.2. The van der Waals surface area contributed by atoms with E-state index in [4.69, 9.17) is 4.74 Å². The SMILES string of the molecule is CC(C)(C)OC(=O)Cn1c(SCc2cccc(F)c2F)cc(=O)c2ccccc21. The molecule has 1 aromatic heterocycles. The number of para-hydroxylation sites is 1. The summed E-state index contributed by atoms with van der Waals surface area (Å²) in [6, 6.07) is 12.3. The van der Waals surface area contributed by atoms with Crippen LogP contribution in [0.5, 0.6) is 0 Å². The molecule has 0 aliphatic rings. The van der Waals surface area contributed by atoms with Crippen LogP contribution in [0.15, 0.2) is 58.4 Å². The summed E-state index contributed by atoms with van der Waals surface area (Å²) in [6.45, 7) is 5.22. The molecule has 1 heterocycles. The first-order chi connectivity index (χ1) is 13.7. The molecule has 2 aromatic carbocycles. The molecule has 4 nitrogen and oxygen atoms in total. The number of aromatic nitrogens is 1. The van der Waals surface area contributed by atoms with Gasteiger partial charge < -0.3 is 9.30 Å². The molecule has 0 saturated carbocycles. The van der Waals surface area contributed by atoms with Crippen LogP contribution < -0.4 is 5.43 Å². The highest BCUT2D eigenvalue weighted by atomic mass is 32.2. The minimum atomic E-state index is -0.923. The lowest BCUT2D eigenvalue weighted by atomic mass is 10.2. The fourth-order valence-corrected chi connectivity index (χ4v) is 3.94. The van der Waals surface area contributed by atoms with Crippen molar-refractivity contribution in [2.24, 2.45) is 0 Å². The third kappa shape index (κ3) is 5.03. The first-order valence-electron chi connectivity index (χ1n) is 9.06. The Bertz CT molecular complexity index is 1120. The predicted molar refractivity (Wildman–Crippen MR) is 110 cm³/mol. The minimum absolute atomic E-state index is 0.105. The molecule has 0 spiro atoms. The highest BCUT2D eigenvalue weighted by Crippen LogP contribution is 2.27. The van der Waals surface area contributed by atoms with Crippen LogP contribution >= 0.6 is 11.8 Å². The van der Waals surface area contributed by atoms with E-state index in [0.29, 0.717) is 15.9 Å². The van der Waals surface area contributed by atoms with Gasteiger partial charge in [-0.05, 0) is 39.0 Å². The van der Waals surface area contributed by atoms with E-state index in [1.165, 1.54) is 18.2 Å². The molecule has 152 valence electrons. The average Bonchev–Trinajstić information content (AvgIpc) is 2.64. The summed E-state index contributed by atoms with van der Waals surface area (Å²) in [6.07, 6.45) is 0. The summed E-state index contributed by atoms with van der Waals surface area (Å²) in [5.41, 5.74) is -0.0973. The van der Waals surface area contributed by atoms with Crippen molar-refractivity contribution >= 4 is 28.6 Å². The van der Waals surface area contributed by atoms with Crippen molar-refractivity contribution in [3.8, 4) is 0 Å². The van der Waals surface area contributed by atoms with Gasteiger partial charge in [-0.15, -0.1) is 11.8 Å². The number of pyridine rings is 1. The lowest BCUT2D eigenvalue weighted by Crippen LogP contribution is -2.27. The van der Waals surface area contributed by atoms with Crippen molar-refractivity contribution in [3.05, 3.63) is 76.0 Å². The number of esters is 1. The van der Waals surface area contributed by atoms with Gasteiger partial charge in [0.05, 0.1) is 10.5 Å². The smallest absolute Gasteiger partial charge is 0.326 e. The van der Waals surface area contributed by atoms with Gasteiger partial charge in [-0.2, -0.15) is 0 Å². The molecule has 0 atom stereocenters. The molecule has 0 N–H and O–H groups in total. The number of hydrogen-bond acceptors (Lipinski definition) is 4. The first kappa shape index (κ1) is 21.0. The van der Waals surface area contributed by atoms with Crippen LogP contribution in [0.2, 0.25) is 0 Å². The van der Waals surface area contributed by atoms with Crippen LogP contribution in [-0.4, -0.2) is 16.1 Å². The Morgan fingerprint density at radius 1 is 1.10 bits per heavy atom.